The average Bonchev–Trinajstić information content (AvgIpc) is 3.22. The molecule has 0 unspecified atom stereocenters. The topological polar surface area (TPSA) is 82.2 Å². The zero-order valence-electron chi connectivity index (χ0n) is 16.4. The summed E-state index contributed by atoms with van der Waals surface area (Å²) in [5.41, 5.74) is 2.80. The molecule has 144 valence electrons. The van der Waals surface area contributed by atoms with E-state index in [1.807, 2.05) is 18.2 Å². The van der Waals surface area contributed by atoms with Gasteiger partial charge in [0.2, 0.25) is 11.8 Å². The summed E-state index contributed by atoms with van der Waals surface area (Å²) < 4.78 is 0. The fraction of sp³-hybridized carbons (Fsp3) is 0.500. The Morgan fingerprint density at radius 3 is 2.81 bits per heavy atom. The molecule has 0 radical (unpaired) electrons. The minimum absolute atomic E-state index is 0.0102. The van der Waals surface area contributed by atoms with Crippen LogP contribution in [0.2, 0.25) is 0 Å². The molecule has 0 saturated carbocycles. The van der Waals surface area contributed by atoms with Gasteiger partial charge in [-0.2, -0.15) is 5.10 Å². The van der Waals surface area contributed by atoms with Crippen molar-refractivity contribution in [3.8, 4) is 0 Å². The predicted octanol–water partition coefficient (Wildman–Crippen LogP) is 2.11. The van der Waals surface area contributed by atoms with E-state index in [0.717, 1.165) is 17.0 Å². The lowest BCUT2D eigenvalue weighted by Gasteiger charge is -2.21. The molecule has 3 heterocycles. The number of rotatable bonds is 5. The molecule has 2 aromatic heterocycles. The van der Waals surface area contributed by atoms with E-state index in [1.54, 1.807) is 29.2 Å². The monoisotopic (exact) mass is 369 g/mol. The van der Waals surface area contributed by atoms with E-state index in [0.29, 0.717) is 19.6 Å². The summed E-state index contributed by atoms with van der Waals surface area (Å²) >= 11 is 0. The largest absolute Gasteiger partial charge is 0.340 e. The standard InChI is InChI=1S/C20H27N5O2/c1-20(2,3)17-9-16(22-23-17)13-24(4)19(27)15-8-18(26)25(12-15)11-14-6-5-7-21-10-14/h5-7,9-10,15H,8,11-13H2,1-4H3,(H,22,23)/t15-/m0/s1. The van der Waals surface area contributed by atoms with Crippen LogP contribution >= 0.6 is 0 Å². The van der Waals surface area contributed by atoms with Crippen LogP contribution in [0.4, 0.5) is 0 Å². The van der Waals surface area contributed by atoms with E-state index in [2.05, 4.69) is 36.0 Å². The molecule has 1 aliphatic rings. The van der Waals surface area contributed by atoms with E-state index in [9.17, 15) is 9.59 Å². The number of carbonyl (C=O) groups is 2. The van der Waals surface area contributed by atoms with Gasteiger partial charge in [-0.1, -0.05) is 26.8 Å². The van der Waals surface area contributed by atoms with Crippen molar-refractivity contribution in [3.05, 3.63) is 47.5 Å². The smallest absolute Gasteiger partial charge is 0.228 e. The molecule has 1 N–H and O–H groups in total. The highest BCUT2D eigenvalue weighted by molar-refractivity contribution is 5.89. The van der Waals surface area contributed by atoms with Crippen molar-refractivity contribution in [1.82, 2.24) is 25.0 Å². The number of aromatic nitrogens is 3. The van der Waals surface area contributed by atoms with Crippen LogP contribution in [-0.2, 0) is 28.1 Å². The van der Waals surface area contributed by atoms with Crippen molar-refractivity contribution < 1.29 is 9.59 Å². The first kappa shape index (κ1) is 19.1. The van der Waals surface area contributed by atoms with Gasteiger partial charge in [-0.05, 0) is 17.7 Å². The predicted molar refractivity (Wildman–Crippen MR) is 102 cm³/mol. The van der Waals surface area contributed by atoms with Crippen LogP contribution in [0.25, 0.3) is 0 Å². The molecule has 2 amide bonds. The summed E-state index contributed by atoms with van der Waals surface area (Å²) in [6.07, 6.45) is 3.72. The number of aromatic amines is 1. The lowest BCUT2D eigenvalue weighted by Crippen LogP contribution is -2.34. The Morgan fingerprint density at radius 1 is 1.41 bits per heavy atom. The molecule has 7 nitrogen and oxygen atoms in total. The van der Waals surface area contributed by atoms with Crippen LogP contribution in [0, 0.1) is 5.92 Å². The van der Waals surface area contributed by atoms with E-state index >= 15 is 0 Å². The van der Waals surface area contributed by atoms with Gasteiger partial charge in [0.15, 0.2) is 0 Å². The molecule has 0 bridgehead atoms. The van der Waals surface area contributed by atoms with Crippen molar-refractivity contribution in [2.45, 2.75) is 45.7 Å². The second kappa shape index (κ2) is 7.50. The van der Waals surface area contributed by atoms with Crippen LogP contribution in [0.5, 0.6) is 0 Å². The third-order valence-electron chi connectivity index (χ3n) is 4.84. The van der Waals surface area contributed by atoms with Crippen molar-refractivity contribution in [2.75, 3.05) is 13.6 Å². The average molecular weight is 369 g/mol. The number of hydrogen-bond donors (Lipinski definition) is 1. The Bertz CT molecular complexity index is 809. The fourth-order valence-electron chi connectivity index (χ4n) is 3.27. The van der Waals surface area contributed by atoms with Gasteiger partial charge in [0.1, 0.15) is 0 Å². The van der Waals surface area contributed by atoms with E-state index < -0.39 is 0 Å². The maximum atomic E-state index is 12.8. The van der Waals surface area contributed by atoms with Crippen molar-refractivity contribution >= 4 is 11.8 Å². The Labute approximate surface area is 159 Å². The van der Waals surface area contributed by atoms with Gasteiger partial charge < -0.3 is 9.80 Å². The number of carbonyl (C=O) groups excluding carboxylic acids is 2. The summed E-state index contributed by atoms with van der Waals surface area (Å²) in [6, 6.07) is 5.79. The molecule has 0 spiro atoms. The Hall–Kier alpha value is -2.70. The van der Waals surface area contributed by atoms with Gasteiger partial charge in [-0.3, -0.25) is 19.7 Å². The van der Waals surface area contributed by atoms with Gasteiger partial charge in [-0.15, -0.1) is 0 Å². The summed E-state index contributed by atoms with van der Waals surface area (Å²) in [5.74, 6) is -0.296. The third kappa shape index (κ3) is 4.53. The highest BCUT2D eigenvalue weighted by atomic mass is 16.2. The highest BCUT2D eigenvalue weighted by Crippen LogP contribution is 2.23. The second-order valence-corrected chi connectivity index (χ2v) is 8.26. The zero-order chi connectivity index (χ0) is 19.6. The number of nitrogens with zero attached hydrogens (tertiary/aromatic N) is 4. The number of hydrogen-bond acceptors (Lipinski definition) is 4. The maximum absolute atomic E-state index is 12.8. The molecule has 1 saturated heterocycles. The first-order valence-corrected chi connectivity index (χ1v) is 9.20. The first-order valence-electron chi connectivity index (χ1n) is 9.20. The quantitative estimate of drug-likeness (QED) is 0.875. The number of nitrogens with one attached hydrogen (secondary N) is 1. The second-order valence-electron chi connectivity index (χ2n) is 8.26. The van der Waals surface area contributed by atoms with Crippen LogP contribution < -0.4 is 0 Å². The molecular weight excluding hydrogens is 342 g/mol. The minimum atomic E-state index is -0.302. The summed E-state index contributed by atoms with van der Waals surface area (Å²) in [6.45, 7) is 7.70. The third-order valence-corrected chi connectivity index (χ3v) is 4.84. The van der Waals surface area contributed by atoms with Crippen LogP contribution in [-0.4, -0.2) is 50.4 Å². The van der Waals surface area contributed by atoms with Gasteiger partial charge >= 0.3 is 0 Å². The van der Waals surface area contributed by atoms with Gasteiger partial charge in [-0.25, -0.2) is 0 Å². The number of likely N-dealkylation sites (tertiary alicyclic amines) is 1. The summed E-state index contributed by atoms with van der Waals surface area (Å²) in [4.78, 5) is 32.6. The molecule has 1 fully saturated rings. The molecule has 0 aromatic carbocycles. The molecule has 3 rings (SSSR count). The van der Waals surface area contributed by atoms with Crippen LogP contribution in [0.3, 0.4) is 0 Å². The first-order chi connectivity index (χ1) is 12.7. The molecular formula is C20H27N5O2. The molecule has 0 aliphatic carbocycles. The Morgan fingerprint density at radius 2 is 2.19 bits per heavy atom. The number of H-pyrrole nitrogens is 1. The maximum Gasteiger partial charge on any atom is 0.228 e. The Kier molecular flexibility index (Phi) is 5.30. The minimum Gasteiger partial charge on any atom is -0.340 e. The lowest BCUT2D eigenvalue weighted by atomic mass is 9.92. The normalized spacial score (nSPS) is 17.4. The van der Waals surface area contributed by atoms with E-state index in [-0.39, 0.29) is 29.6 Å². The lowest BCUT2D eigenvalue weighted by molar-refractivity contribution is -0.135. The summed E-state index contributed by atoms with van der Waals surface area (Å²) in [7, 11) is 1.77. The molecule has 1 atom stereocenters. The highest BCUT2D eigenvalue weighted by Gasteiger charge is 2.35. The fourth-order valence-corrected chi connectivity index (χ4v) is 3.27. The molecule has 7 heteroatoms. The van der Waals surface area contributed by atoms with E-state index in [4.69, 9.17) is 0 Å². The summed E-state index contributed by atoms with van der Waals surface area (Å²) in [5, 5.41) is 7.35. The van der Waals surface area contributed by atoms with Crippen LogP contribution in [0.15, 0.2) is 30.6 Å². The van der Waals surface area contributed by atoms with Gasteiger partial charge in [0.25, 0.3) is 0 Å². The van der Waals surface area contributed by atoms with Crippen molar-refractivity contribution in [3.63, 3.8) is 0 Å². The molecule has 27 heavy (non-hydrogen) atoms. The number of pyridine rings is 1. The molecule has 1 aliphatic heterocycles. The number of amides is 2. The Balaban J connectivity index is 1.59. The van der Waals surface area contributed by atoms with Crippen LogP contribution in [0.1, 0.15) is 44.1 Å². The zero-order valence-corrected chi connectivity index (χ0v) is 16.4. The van der Waals surface area contributed by atoms with Gasteiger partial charge in [0, 0.05) is 44.4 Å². The van der Waals surface area contributed by atoms with Crippen molar-refractivity contribution in [2.24, 2.45) is 5.92 Å². The molecule has 2 aromatic rings. The SMILES string of the molecule is CN(Cc1cc(C(C)(C)C)n[nH]1)C(=O)[C@H]1CC(=O)N(Cc2cccnc2)C1. The van der Waals surface area contributed by atoms with Crippen molar-refractivity contribution in [1.29, 1.82) is 0 Å². The van der Waals surface area contributed by atoms with Gasteiger partial charge in [0.05, 0.1) is 23.9 Å². The van der Waals surface area contributed by atoms with E-state index in [1.165, 1.54) is 0 Å².